The molecule has 0 fully saturated rings. The van der Waals surface area contributed by atoms with Crippen LogP contribution in [-0.2, 0) is 36.2 Å². The molecule has 0 aliphatic rings. The first-order valence-electron chi connectivity index (χ1n) is 16.3. The molecule has 2 radical (unpaired) electrons. The van der Waals surface area contributed by atoms with Crippen molar-refractivity contribution >= 4 is 50.0 Å². The van der Waals surface area contributed by atoms with Gasteiger partial charge in [-0.2, -0.15) is 12.1 Å². The van der Waals surface area contributed by atoms with Crippen LogP contribution in [0.3, 0.4) is 0 Å². The van der Waals surface area contributed by atoms with Gasteiger partial charge in [-0.05, 0) is 45.5 Å². The fourth-order valence-corrected chi connectivity index (χ4v) is 6.85. The molecule has 0 saturated heterocycles. The summed E-state index contributed by atoms with van der Waals surface area (Å²) in [6.07, 6.45) is 4.70. The van der Waals surface area contributed by atoms with Crippen LogP contribution < -0.4 is 0 Å². The van der Waals surface area contributed by atoms with Gasteiger partial charge in [-0.3, -0.25) is 0 Å². The summed E-state index contributed by atoms with van der Waals surface area (Å²) in [6, 6.07) is 53.2. The molecule has 8 aromatic carbocycles. The van der Waals surface area contributed by atoms with Crippen molar-refractivity contribution < 1.29 is 23.3 Å². The van der Waals surface area contributed by atoms with Gasteiger partial charge in [0, 0.05) is 0 Å². The molecule has 48 heavy (non-hydrogen) atoms. The number of fused-ring (bicyclic) bond motifs is 4. The second-order valence-electron chi connectivity index (χ2n) is 11.9. The van der Waals surface area contributed by atoms with Crippen LogP contribution in [0.5, 0.6) is 0 Å². The van der Waals surface area contributed by atoms with Crippen LogP contribution in [-0.4, -0.2) is 6.88 Å². The van der Waals surface area contributed by atoms with Crippen LogP contribution in [0.4, 0.5) is 0 Å². The van der Waals surface area contributed by atoms with E-state index in [9.17, 15) is 0 Å². The van der Waals surface area contributed by atoms with Gasteiger partial charge >= 0.3 is 30.2 Å². The number of hydrogen-bond donors (Lipinski definition) is 0. The van der Waals surface area contributed by atoms with E-state index in [0.29, 0.717) is 0 Å². The predicted octanol–water partition coefficient (Wildman–Crippen LogP) is 13.2. The molecule has 0 amide bonds. The molecule has 0 aliphatic heterocycles. The van der Waals surface area contributed by atoms with Crippen molar-refractivity contribution in [3.05, 3.63) is 172 Å². The molecule has 0 aromatic heterocycles. The first kappa shape index (κ1) is 37.0. The van der Waals surface area contributed by atoms with Crippen LogP contribution in [0.15, 0.2) is 146 Å². The predicted molar refractivity (Wildman–Crippen MR) is 212 cm³/mol. The van der Waals surface area contributed by atoms with Gasteiger partial charge in [0.2, 0.25) is 0 Å². The Morgan fingerprint density at radius 2 is 0.771 bits per heavy atom. The maximum atomic E-state index is 3.06. The summed E-state index contributed by atoms with van der Waals surface area (Å²) in [7, 11) is 0. The Hall–Kier alpha value is -3.84. The van der Waals surface area contributed by atoms with E-state index in [1.807, 2.05) is 0 Å². The fourth-order valence-electron chi connectivity index (χ4n) is 6.85. The third-order valence-corrected chi connectivity index (χ3v) is 8.86. The van der Waals surface area contributed by atoms with Crippen molar-refractivity contribution in [1.82, 2.24) is 0 Å². The second-order valence-corrected chi connectivity index (χ2v) is 11.9. The van der Waals surface area contributed by atoms with Crippen LogP contribution in [0.25, 0.3) is 65.3 Å². The normalized spacial score (nSPS) is 10.4. The molecular formula is C46H44SiZr-4. The van der Waals surface area contributed by atoms with Crippen molar-refractivity contribution in [2.45, 2.75) is 39.5 Å². The van der Waals surface area contributed by atoms with Gasteiger partial charge < -0.3 is 14.9 Å². The summed E-state index contributed by atoms with van der Waals surface area (Å²) in [5.41, 5.74) is 8.25. The molecule has 0 N–H and O–H groups in total. The molecule has 0 unspecified atom stereocenters. The Morgan fingerprint density at radius 3 is 1.17 bits per heavy atom. The number of hydrogen-bond acceptors (Lipinski definition) is 0. The topological polar surface area (TPSA) is 0 Å². The summed E-state index contributed by atoms with van der Waals surface area (Å²) in [4.78, 5) is 0. The van der Waals surface area contributed by atoms with E-state index in [1.165, 1.54) is 113 Å². The van der Waals surface area contributed by atoms with E-state index < -0.39 is 0 Å². The minimum atomic E-state index is 0. The molecule has 0 atom stereocenters. The fraction of sp³-hybridized carbons (Fsp3) is 0.130. The Kier molecular flexibility index (Phi) is 13.5. The SMILES string of the molecule is CCCc1cc2c(-c3cccc4ccccc34)cccc2[cH-]1.CCCc1cc2c(-c3cccc4ccccc34)cccc2[cH-]1.[CH3-].[CH3-].[Si]=[Zr]. The summed E-state index contributed by atoms with van der Waals surface area (Å²) in [5.74, 6) is 0. The molecule has 2 heteroatoms. The molecule has 0 aliphatic carbocycles. The van der Waals surface area contributed by atoms with Crippen molar-refractivity contribution in [2.75, 3.05) is 0 Å². The molecule has 8 rings (SSSR count). The Labute approximate surface area is 304 Å². The zero-order chi connectivity index (χ0) is 31.9. The summed E-state index contributed by atoms with van der Waals surface area (Å²) in [6.45, 7) is 7.54. The minimum absolute atomic E-state index is 0. The molecular weight excluding hydrogens is 672 g/mol. The quantitative estimate of drug-likeness (QED) is 0.119. The van der Waals surface area contributed by atoms with E-state index >= 15 is 0 Å². The summed E-state index contributed by atoms with van der Waals surface area (Å²) >= 11 is 1.36. The molecule has 240 valence electrons. The van der Waals surface area contributed by atoms with E-state index in [4.69, 9.17) is 0 Å². The second kappa shape index (κ2) is 17.5. The maximum absolute atomic E-state index is 3.06. The van der Waals surface area contributed by atoms with Crippen LogP contribution in [0.1, 0.15) is 37.8 Å². The van der Waals surface area contributed by atoms with Gasteiger partial charge in [0.25, 0.3) is 0 Å². The molecule has 0 nitrogen and oxygen atoms in total. The van der Waals surface area contributed by atoms with Crippen molar-refractivity contribution in [3.63, 3.8) is 0 Å². The average molecular weight is 716 g/mol. The molecule has 0 spiro atoms. The molecule has 0 bridgehead atoms. The average Bonchev–Trinajstić information content (AvgIpc) is 3.73. The van der Waals surface area contributed by atoms with Crippen molar-refractivity contribution in [1.29, 1.82) is 0 Å². The van der Waals surface area contributed by atoms with Crippen molar-refractivity contribution in [3.8, 4) is 22.3 Å². The summed E-state index contributed by atoms with van der Waals surface area (Å²) in [5, 5.41) is 10.7. The third-order valence-electron chi connectivity index (χ3n) is 8.86. The summed E-state index contributed by atoms with van der Waals surface area (Å²) < 4.78 is 0. The van der Waals surface area contributed by atoms with Gasteiger partial charge in [0.1, 0.15) is 0 Å². The molecule has 8 aromatic rings. The first-order chi connectivity index (χ1) is 22.7. The van der Waals surface area contributed by atoms with E-state index in [0.717, 1.165) is 12.8 Å². The molecule has 0 heterocycles. The Balaban J connectivity index is 0.000000198. The van der Waals surface area contributed by atoms with E-state index in [2.05, 4.69) is 166 Å². The zero-order valence-corrected chi connectivity index (χ0v) is 32.1. The van der Waals surface area contributed by atoms with Gasteiger partial charge in [0.05, 0.1) is 0 Å². The van der Waals surface area contributed by atoms with E-state index in [1.54, 1.807) is 0 Å². The van der Waals surface area contributed by atoms with Crippen LogP contribution >= 0.6 is 0 Å². The van der Waals surface area contributed by atoms with Crippen LogP contribution in [0, 0.1) is 14.9 Å². The zero-order valence-electron chi connectivity index (χ0n) is 28.7. The van der Waals surface area contributed by atoms with Crippen molar-refractivity contribution in [2.24, 2.45) is 0 Å². The van der Waals surface area contributed by atoms with E-state index in [-0.39, 0.29) is 14.9 Å². The van der Waals surface area contributed by atoms with Gasteiger partial charge in [0.15, 0.2) is 0 Å². The standard InChI is InChI=1S/2C22H19.2CH3.Si.Zr/c2*1-2-7-16-14-18-10-6-13-21(22(18)15-16)20-12-5-9-17-8-3-4-11-19(17)20;;;;/h2*3-6,8-15H,2,7H2,1H3;2*1H3;;/q4*-1;;. The number of rotatable bonds is 6. The number of aryl methyl sites for hydroxylation is 2. The van der Waals surface area contributed by atoms with Crippen LogP contribution in [0.2, 0.25) is 0 Å². The van der Waals surface area contributed by atoms with Gasteiger partial charge in [-0.15, -0.1) is 69.1 Å². The monoisotopic (exact) mass is 714 g/mol. The number of benzene rings is 6. The molecule has 0 saturated carbocycles. The Morgan fingerprint density at radius 1 is 0.438 bits per heavy atom. The third kappa shape index (κ3) is 7.72. The Bertz CT molecular complexity index is 2060. The van der Waals surface area contributed by atoms with Gasteiger partial charge in [-0.25, -0.2) is 0 Å². The van der Waals surface area contributed by atoms with Gasteiger partial charge in [-0.1, -0.05) is 135 Å². The first-order valence-corrected chi connectivity index (χ1v) is 20.5.